The summed E-state index contributed by atoms with van der Waals surface area (Å²) in [6.45, 7) is 20.7. The number of hydrogen-bond donors (Lipinski definition) is 3. The molecule has 1 atom stereocenters. The molecule has 0 bridgehead atoms. The molecule has 0 aliphatic heterocycles. The molecular formula is C38H72B5O9Si. The number of aldehydes is 1. The number of aliphatic hydroxyl groups excluding tert-OH is 3. The number of carbonyl (C=O) groups is 2. The molecule has 5 rings (SSSR count). The average Bonchev–Trinajstić information content (AvgIpc) is 3.86. The molecule has 7 radical (unpaired) electrons. The first kappa shape index (κ1) is 50.6. The Kier molecular flexibility index (Phi) is 20.4. The van der Waals surface area contributed by atoms with Gasteiger partial charge < -0.3 is 38.8 Å². The lowest BCUT2D eigenvalue weighted by atomic mass is 8.97. The summed E-state index contributed by atoms with van der Waals surface area (Å²) >= 11 is 0. The monoisotopic (exact) mass is 756 g/mol. The van der Waals surface area contributed by atoms with Crippen molar-refractivity contribution in [2.45, 2.75) is 168 Å². The van der Waals surface area contributed by atoms with Crippen molar-refractivity contribution in [1.82, 2.24) is 0 Å². The molecule has 0 aromatic carbocycles. The van der Waals surface area contributed by atoms with Crippen LogP contribution in [0.2, 0.25) is 18.1 Å². The Balaban J connectivity index is 0.000000347. The van der Waals surface area contributed by atoms with E-state index in [9.17, 15) is 19.8 Å². The molecule has 0 spiro atoms. The predicted octanol–water partition coefficient (Wildman–Crippen LogP) is 4.59. The van der Waals surface area contributed by atoms with Crippen LogP contribution in [-0.2, 0) is 28.2 Å². The summed E-state index contributed by atoms with van der Waals surface area (Å²) in [5.41, 5.74) is 0.100. The fourth-order valence-corrected chi connectivity index (χ4v) is 7.96. The molecule has 3 N–H and O–H groups in total. The molecule has 1 unspecified atom stereocenters. The second-order valence-corrected chi connectivity index (χ2v) is 24.2. The van der Waals surface area contributed by atoms with Crippen molar-refractivity contribution in [3.8, 4) is 0 Å². The van der Waals surface area contributed by atoms with E-state index in [2.05, 4.69) is 47.7 Å². The summed E-state index contributed by atoms with van der Waals surface area (Å²) in [6, 6.07) is 0. The van der Waals surface area contributed by atoms with E-state index in [0.29, 0.717) is 31.2 Å². The van der Waals surface area contributed by atoms with Gasteiger partial charge in [-0.3, -0.25) is 4.79 Å². The topological polar surface area (TPSA) is 132 Å². The molecule has 0 saturated heterocycles. The number of Topliss-reactive ketones (excluding diaryl/α,β-unsaturated/α-hetero) is 1. The zero-order chi connectivity index (χ0) is 41.1. The van der Waals surface area contributed by atoms with Crippen LogP contribution >= 0.6 is 0 Å². The zero-order valence-electron chi connectivity index (χ0n) is 35.4. The van der Waals surface area contributed by atoms with Crippen molar-refractivity contribution in [3.63, 3.8) is 0 Å². The van der Waals surface area contributed by atoms with E-state index in [0.717, 1.165) is 77.1 Å². The van der Waals surface area contributed by atoms with Crippen LogP contribution in [0, 0.1) is 27.6 Å². The summed E-state index contributed by atoms with van der Waals surface area (Å²) in [7, 11) is 19.3. The highest BCUT2D eigenvalue weighted by atomic mass is 28.4. The lowest BCUT2D eigenvalue weighted by Gasteiger charge is -2.46. The lowest BCUT2D eigenvalue weighted by molar-refractivity contribution is -0.150. The van der Waals surface area contributed by atoms with Crippen molar-refractivity contribution in [1.29, 1.82) is 0 Å². The highest BCUT2D eigenvalue weighted by Gasteiger charge is 2.49. The molecule has 0 amide bonds. The molecule has 53 heavy (non-hydrogen) atoms. The number of methoxy groups -OCH3 is 3. The van der Waals surface area contributed by atoms with E-state index in [4.69, 9.17) is 47.0 Å². The first-order valence-electron chi connectivity index (χ1n) is 19.5. The van der Waals surface area contributed by atoms with Crippen molar-refractivity contribution >= 4 is 57.0 Å². The van der Waals surface area contributed by atoms with Gasteiger partial charge in [-0.1, -0.05) is 48.5 Å². The van der Waals surface area contributed by atoms with Crippen LogP contribution < -0.4 is 0 Å². The minimum Gasteiger partial charge on any atom is -0.416 e. The molecule has 9 nitrogen and oxygen atoms in total. The van der Waals surface area contributed by atoms with Crippen molar-refractivity contribution < 1.29 is 43.5 Å². The van der Waals surface area contributed by atoms with Gasteiger partial charge in [-0.25, -0.2) is 0 Å². The van der Waals surface area contributed by atoms with Crippen LogP contribution in [0.25, 0.3) is 0 Å². The van der Waals surface area contributed by atoms with Crippen molar-refractivity contribution in [2.75, 3.05) is 34.5 Å². The molecule has 5 fully saturated rings. The third-order valence-electron chi connectivity index (χ3n) is 12.3. The maximum absolute atomic E-state index is 11.7. The molecule has 5 aliphatic carbocycles. The second-order valence-electron chi connectivity index (χ2n) is 19.4. The third-order valence-corrected chi connectivity index (χ3v) is 16.8. The number of ether oxygens (including phenoxy) is 3. The van der Waals surface area contributed by atoms with Gasteiger partial charge in [0.2, 0.25) is 0 Å². The van der Waals surface area contributed by atoms with E-state index in [1.165, 1.54) is 7.06 Å². The zero-order valence-corrected chi connectivity index (χ0v) is 36.4. The SMILES string of the molecule is CC1(CO[Si](C)(C)C(C)(C)C)CC(O)C1.COC1CC(C)(C(O)C(=O)CC2CC2)C1.COC1CC(C)(C=O)C1.COC1CC(C)(CO)C1.[B][B]B([B])[B]. The summed E-state index contributed by atoms with van der Waals surface area (Å²) < 4.78 is 21.5. The first-order valence-corrected chi connectivity index (χ1v) is 22.4. The number of aliphatic hydroxyl groups is 3. The normalized spacial score (nSPS) is 34.6. The molecule has 0 aromatic rings. The summed E-state index contributed by atoms with van der Waals surface area (Å²) in [6.07, 6.45) is 10.8. The van der Waals surface area contributed by atoms with E-state index in [1.54, 1.807) is 21.3 Å². The van der Waals surface area contributed by atoms with Gasteiger partial charge in [-0.2, -0.15) is 0 Å². The Labute approximate surface area is 329 Å². The predicted molar refractivity (Wildman–Crippen MR) is 221 cm³/mol. The second kappa shape index (κ2) is 21.4. The van der Waals surface area contributed by atoms with E-state index >= 15 is 0 Å². The molecule has 15 heteroatoms. The average molecular weight is 755 g/mol. The number of carbonyl (C=O) groups excluding carboxylic acids is 2. The van der Waals surface area contributed by atoms with E-state index in [1.807, 2.05) is 13.8 Å². The quantitative estimate of drug-likeness (QED) is 0.183. The number of rotatable bonds is 13. The van der Waals surface area contributed by atoms with Gasteiger partial charge in [0.05, 0.1) is 24.4 Å². The van der Waals surface area contributed by atoms with Gasteiger partial charge in [0, 0.05) is 88.5 Å². The van der Waals surface area contributed by atoms with Gasteiger partial charge in [0.15, 0.2) is 14.1 Å². The van der Waals surface area contributed by atoms with Crippen LogP contribution in [0.3, 0.4) is 0 Å². The van der Waals surface area contributed by atoms with Crippen LogP contribution in [0.4, 0.5) is 0 Å². The molecule has 5 saturated carbocycles. The molecule has 0 aromatic heterocycles. The minimum atomic E-state index is -1.60. The minimum absolute atomic E-state index is 0.0366. The van der Waals surface area contributed by atoms with Crippen LogP contribution in [0.5, 0.6) is 0 Å². The van der Waals surface area contributed by atoms with Gasteiger partial charge in [0.25, 0.3) is 0 Å². The smallest absolute Gasteiger partial charge is 0.192 e. The maximum Gasteiger partial charge on any atom is 0.192 e. The summed E-state index contributed by atoms with van der Waals surface area (Å²) in [4.78, 5) is 22.1. The Hall–Kier alpha value is -0.398. The lowest BCUT2D eigenvalue weighted by Crippen LogP contribution is -2.50. The van der Waals surface area contributed by atoms with Crippen LogP contribution in [0.1, 0.15) is 119 Å². The van der Waals surface area contributed by atoms with Crippen LogP contribution in [-0.4, -0.2) is 137 Å². The van der Waals surface area contributed by atoms with Crippen molar-refractivity contribution in [3.05, 3.63) is 0 Å². The van der Waals surface area contributed by atoms with E-state index < -0.39 is 20.8 Å². The van der Waals surface area contributed by atoms with Crippen LogP contribution in [0.15, 0.2) is 0 Å². The van der Waals surface area contributed by atoms with Gasteiger partial charge >= 0.3 is 0 Å². The van der Waals surface area contributed by atoms with Crippen molar-refractivity contribution in [2.24, 2.45) is 27.6 Å². The Morgan fingerprint density at radius 3 is 1.66 bits per heavy atom. The van der Waals surface area contributed by atoms with E-state index in [-0.39, 0.29) is 44.7 Å². The highest BCUT2D eigenvalue weighted by Crippen LogP contribution is 2.47. The Morgan fingerprint density at radius 2 is 1.32 bits per heavy atom. The maximum atomic E-state index is 11.7. The fourth-order valence-electron chi connectivity index (χ4n) is 6.82. The largest absolute Gasteiger partial charge is 0.416 e. The Bertz CT molecular complexity index is 1080. The standard InChI is InChI=1S/C12H20O3.C12H26O2Si.C7H14O2.C7H12O2.B5/c1-12(6-9(7-12)15-2)11(14)10(13)5-8-3-4-8;1-11(2,3)15(5,6)14-9-12(4)7-10(13)8-12;2*1-7(5-8)3-6(4-7)9-2;1-4-5(2)3/h8-9,11,14H,3-7H2,1-2H3;10,13H,7-9H2,1-6H3;6,8H,3-5H2,1-2H3;5-6H,3-4H2,1-2H3;. The summed E-state index contributed by atoms with van der Waals surface area (Å²) in [5.74, 6) is 0.601. The first-order chi connectivity index (χ1) is 24.3. The highest BCUT2D eigenvalue weighted by molar-refractivity contribution is 7.60. The van der Waals surface area contributed by atoms with Gasteiger partial charge in [-0.15, -0.1) is 0 Å². The number of hydrogen-bond acceptors (Lipinski definition) is 9. The fraction of sp³-hybridized carbons (Fsp3) is 0.947. The summed E-state index contributed by atoms with van der Waals surface area (Å²) in [5, 5.41) is 28.4. The molecule has 5 aliphatic rings. The molecule has 0 heterocycles. The molecular weight excluding hydrogens is 683 g/mol. The number of ketones is 1. The molecule has 297 valence electrons. The van der Waals surface area contributed by atoms with Gasteiger partial charge in [0.1, 0.15) is 12.4 Å². The third kappa shape index (κ3) is 16.9. The Morgan fingerprint density at radius 1 is 0.887 bits per heavy atom. The van der Waals surface area contributed by atoms with Gasteiger partial charge in [-0.05, 0) is 99.1 Å².